The molecule has 1 saturated carbocycles. The van der Waals surface area contributed by atoms with Gasteiger partial charge < -0.3 is 4.74 Å². The lowest BCUT2D eigenvalue weighted by atomic mass is 10.3. The van der Waals surface area contributed by atoms with Crippen LogP contribution in [0.3, 0.4) is 0 Å². The monoisotopic (exact) mass is 152 g/mol. The van der Waals surface area contributed by atoms with E-state index in [2.05, 4.69) is 0 Å². The summed E-state index contributed by atoms with van der Waals surface area (Å²) in [6.07, 6.45) is 1.20. The third-order valence-corrected chi connectivity index (χ3v) is 2.85. The normalized spacial score (nSPS) is 48.8. The molecule has 0 radical (unpaired) electrons. The third-order valence-electron chi connectivity index (χ3n) is 1.86. The molecule has 1 saturated heterocycles. The first-order valence-corrected chi connectivity index (χ1v) is 3.48. The van der Waals surface area contributed by atoms with E-state index >= 15 is 0 Å². The first kappa shape index (κ1) is 5.33. The fourth-order valence-corrected chi connectivity index (χ4v) is 2.00. The van der Waals surface area contributed by atoms with Gasteiger partial charge in [-0.2, -0.15) is 0 Å². The van der Waals surface area contributed by atoms with Crippen molar-refractivity contribution in [1.29, 1.82) is 0 Å². The molecule has 8 heavy (non-hydrogen) atoms. The Morgan fingerprint density at radius 2 is 2.25 bits per heavy atom. The van der Waals surface area contributed by atoms with Gasteiger partial charge in [0.05, 0.1) is 6.10 Å². The number of hydrogen-bond donors (Lipinski definition) is 0. The third kappa shape index (κ3) is 0.476. The first-order valence-electron chi connectivity index (χ1n) is 2.72. The highest BCUT2D eigenvalue weighted by Crippen LogP contribution is 2.60. The molecule has 0 spiro atoms. The lowest BCUT2D eigenvalue weighted by molar-refractivity contribution is 0.153. The highest BCUT2D eigenvalue weighted by atomic mass is 35.5. The topological polar surface area (TPSA) is 9.23 Å². The smallest absolute Gasteiger partial charge is 0.150 e. The van der Waals surface area contributed by atoms with E-state index in [0.717, 1.165) is 13.0 Å². The summed E-state index contributed by atoms with van der Waals surface area (Å²) in [6, 6.07) is 0. The molecule has 0 unspecified atom stereocenters. The van der Waals surface area contributed by atoms with Crippen LogP contribution >= 0.6 is 23.2 Å². The molecule has 0 aromatic carbocycles. The van der Waals surface area contributed by atoms with Gasteiger partial charge in [-0.15, -0.1) is 0 Å². The minimum Gasteiger partial charge on any atom is -0.375 e. The van der Waals surface area contributed by atoms with Gasteiger partial charge in [0.1, 0.15) is 4.33 Å². The Balaban J connectivity index is 2.13. The van der Waals surface area contributed by atoms with E-state index in [9.17, 15) is 0 Å². The van der Waals surface area contributed by atoms with Crippen LogP contribution in [0.1, 0.15) is 6.42 Å². The molecular weight excluding hydrogens is 147 g/mol. The second kappa shape index (κ2) is 1.34. The fourth-order valence-electron chi connectivity index (χ4n) is 1.25. The summed E-state index contributed by atoms with van der Waals surface area (Å²) in [7, 11) is 0. The SMILES string of the molecule is ClC1(Cl)[C@@H]2OCC[C@@H]21. The predicted molar refractivity (Wildman–Crippen MR) is 32.3 cm³/mol. The Bertz CT molecular complexity index is 112. The molecule has 2 aliphatic rings. The Kier molecular flexibility index (Phi) is 0.891. The maximum atomic E-state index is 5.75. The van der Waals surface area contributed by atoms with Crippen LogP contribution in [0.2, 0.25) is 0 Å². The van der Waals surface area contributed by atoms with Crippen molar-refractivity contribution in [3.63, 3.8) is 0 Å². The summed E-state index contributed by atoms with van der Waals surface area (Å²) >= 11 is 11.5. The van der Waals surface area contributed by atoms with E-state index in [1.165, 1.54) is 0 Å². The molecular formula is C5H6Cl2O. The molecule has 1 aliphatic heterocycles. The molecule has 0 bridgehead atoms. The molecule has 1 nitrogen and oxygen atoms in total. The fraction of sp³-hybridized carbons (Fsp3) is 1.00. The maximum absolute atomic E-state index is 5.75. The second-order valence-corrected chi connectivity index (χ2v) is 3.81. The number of alkyl halides is 2. The average Bonchev–Trinajstić information content (AvgIpc) is 2.22. The molecule has 46 valence electrons. The molecule has 1 aliphatic carbocycles. The molecule has 3 heteroatoms. The van der Waals surface area contributed by atoms with E-state index < -0.39 is 4.33 Å². The van der Waals surface area contributed by atoms with Crippen LogP contribution in [-0.2, 0) is 4.74 Å². The molecule has 0 N–H and O–H groups in total. The van der Waals surface area contributed by atoms with Crippen LogP contribution in [0.5, 0.6) is 0 Å². The van der Waals surface area contributed by atoms with Crippen LogP contribution < -0.4 is 0 Å². The summed E-state index contributed by atoms with van der Waals surface area (Å²) in [5, 5.41) is 0. The predicted octanol–water partition coefficient (Wildman–Crippen LogP) is 1.58. The summed E-state index contributed by atoms with van der Waals surface area (Å²) < 4.78 is 4.66. The van der Waals surface area contributed by atoms with Crippen molar-refractivity contribution in [1.82, 2.24) is 0 Å². The highest BCUT2D eigenvalue weighted by molar-refractivity contribution is 6.51. The van der Waals surface area contributed by atoms with Gasteiger partial charge in [-0.25, -0.2) is 0 Å². The molecule has 0 aromatic heterocycles. The van der Waals surface area contributed by atoms with Crippen molar-refractivity contribution >= 4 is 23.2 Å². The van der Waals surface area contributed by atoms with E-state index in [1.807, 2.05) is 0 Å². The molecule has 0 amide bonds. The van der Waals surface area contributed by atoms with Crippen molar-refractivity contribution in [2.75, 3.05) is 6.61 Å². The summed E-state index contributed by atoms with van der Waals surface area (Å²) in [5.74, 6) is 0.436. The van der Waals surface area contributed by atoms with Crippen LogP contribution in [0, 0.1) is 5.92 Å². The van der Waals surface area contributed by atoms with E-state index in [0.29, 0.717) is 5.92 Å². The van der Waals surface area contributed by atoms with Crippen molar-refractivity contribution < 1.29 is 4.74 Å². The van der Waals surface area contributed by atoms with Gasteiger partial charge in [0.2, 0.25) is 0 Å². The van der Waals surface area contributed by atoms with Gasteiger partial charge in [-0.3, -0.25) is 0 Å². The second-order valence-electron chi connectivity index (χ2n) is 2.36. The summed E-state index contributed by atoms with van der Waals surface area (Å²) in [6.45, 7) is 0.844. The van der Waals surface area contributed by atoms with Crippen LogP contribution in [0.25, 0.3) is 0 Å². The molecule has 2 atom stereocenters. The van der Waals surface area contributed by atoms with Crippen molar-refractivity contribution in [3.8, 4) is 0 Å². The molecule has 1 heterocycles. The van der Waals surface area contributed by atoms with Crippen molar-refractivity contribution in [2.24, 2.45) is 5.92 Å². The quantitative estimate of drug-likeness (QED) is 0.480. The summed E-state index contributed by atoms with van der Waals surface area (Å²) in [4.78, 5) is 0. The number of ether oxygens (including phenoxy) is 1. The standard InChI is InChI=1S/C5H6Cl2O/c6-5(7)3-1-2-8-4(3)5/h3-4H,1-2H2/t3-,4+/m0/s1. The lowest BCUT2D eigenvalue weighted by Crippen LogP contribution is -2.03. The minimum absolute atomic E-state index is 0.158. The number of halogens is 2. The van der Waals surface area contributed by atoms with Crippen LogP contribution in [0.4, 0.5) is 0 Å². The average molecular weight is 153 g/mol. The van der Waals surface area contributed by atoms with Gasteiger partial charge in [-0.1, -0.05) is 23.2 Å². The Labute approximate surface area is 57.9 Å². The molecule has 2 fully saturated rings. The largest absolute Gasteiger partial charge is 0.375 e. The molecule has 2 rings (SSSR count). The maximum Gasteiger partial charge on any atom is 0.150 e. The lowest BCUT2D eigenvalue weighted by Gasteiger charge is -2.00. The van der Waals surface area contributed by atoms with Gasteiger partial charge in [0.15, 0.2) is 0 Å². The highest BCUT2D eigenvalue weighted by Gasteiger charge is 2.66. The van der Waals surface area contributed by atoms with Gasteiger partial charge in [-0.05, 0) is 6.42 Å². The zero-order chi connectivity index (χ0) is 5.78. The number of rotatable bonds is 0. The van der Waals surface area contributed by atoms with Gasteiger partial charge in [0, 0.05) is 12.5 Å². The zero-order valence-electron chi connectivity index (χ0n) is 4.23. The van der Waals surface area contributed by atoms with E-state index in [1.54, 1.807) is 0 Å². The van der Waals surface area contributed by atoms with Crippen LogP contribution in [-0.4, -0.2) is 17.0 Å². The van der Waals surface area contributed by atoms with E-state index in [4.69, 9.17) is 27.9 Å². The van der Waals surface area contributed by atoms with Crippen molar-refractivity contribution in [2.45, 2.75) is 16.9 Å². The van der Waals surface area contributed by atoms with E-state index in [-0.39, 0.29) is 6.10 Å². The zero-order valence-corrected chi connectivity index (χ0v) is 5.74. The van der Waals surface area contributed by atoms with Gasteiger partial charge >= 0.3 is 0 Å². The van der Waals surface area contributed by atoms with Crippen LogP contribution in [0.15, 0.2) is 0 Å². The molecule has 0 aromatic rings. The Morgan fingerprint density at radius 3 is 2.50 bits per heavy atom. The number of hydrogen-bond acceptors (Lipinski definition) is 1. The van der Waals surface area contributed by atoms with Crippen molar-refractivity contribution in [3.05, 3.63) is 0 Å². The summed E-state index contributed by atoms with van der Waals surface area (Å²) in [5.41, 5.74) is 0. The Morgan fingerprint density at radius 1 is 1.50 bits per heavy atom. The minimum atomic E-state index is -0.516. The van der Waals surface area contributed by atoms with Gasteiger partial charge in [0.25, 0.3) is 0 Å². The first-order chi connectivity index (χ1) is 3.73. The Hall–Kier alpha value is 0.540. The number of fused-ring (bicyclic) bond motifs is 1.